The SMILES string of the molecule is O=C(O)CC(c1ccccc1)C1CCc2ccccc2C1=O. The van der Waals surface area contributed by atoms with Gasteiger partial charge in [0.05, 0.1) is 6.42 Å². The van der Waals surface area contributed by atoms with Crippen LogP contribution in [0, 0.1) is 5.92 Å². The molecule has 0 aliphatic heterocycles. The van der Waals surface area contributed by atoms with E-state index in [0.29, 0.717) is 6.42 Å². The number of carboxylic acid groups (broad SMARTS) is 1. The van der Waals surface area contributed by atoms with Crippen molar-refractivity contribution in [3.05, 3.63) is 71.3 Å². The third kappa shape index (κ3) is 2.80. The summed E-state index contributed by atoms with van der Waals surface area (Å²) in [7, 11) is 0. The van der Waals surface area contributed by atoms with Gasteiger partial charge < -0.3 is 5.11 Å². The van der Waals surface area contributed by atoms with Gasteiger partial charge in [-0.3, -0.25) is 9.59 Å². The van der Waals surface area contributed by atoms with Crippen LogP contribution in [0.15, 0.2) is 54.6 Å². The van der Waals surface area contributed by atoms with Gasteiger partial charge in [0.25, 0.3) is 0 Å². The number of carbonyl (C=O) groups excluding carboxylic acids is 1. The Kier molecular flexibility index (Phi) is 4.05. The second-order valence-corrected chi connectivity index (χ2v) is 5.78. The largest absolute Gasteiger partial charge is 0.481 e. The first-order chi connectivity index (χ1) is 10.7. The number of ketones is 1. The molecule has 1 aliphatic rings. The number of Topliss-reactive ketones (excluding diaryl/α,β-unsaturated/α-hetero) is 1. The van der Waals surface area contributed by atoms with Crippen molar-refractivity contribution in [3.63, 3.8) is 0 Å². The average molecular weight is 294 g/mol. The van der Waals surface area contributed by atoms with Gasteiger partial charge in [0, 0.05) is 17.4 Å². The van der Waals surface area contributed by atoms with Crippen LogP contribution in [0.5, 0.6) is 0 Å². The Bertz CT molecular complexity index is 691. The van der Waals surface area contributed by atoms with Crippen molar-refractivity contribution >= 4 is 11.8 Å². The first-order valence-corrected chi connectivity index (χ1v) is 7.55. The van der Waals surface area contributed by atoms with Crippen LogP contribution in [-0.2, 0) is 11.2 Å². The van der Waals surface area contributed by atoms with Crippen LogP contribution in [0.4, 0.5) is 0 Å². The summed E-state index contributed by atoms with van der Waals surface area (Å²) in [5.74, 6) is -1.30. The summed E-state index contributed by atoms with van der Waals surface area (Å²) in [5.41, 5.74) is 2.76. The molecule has 2 aromatic carbocycles. The molecular formula is C19H18O3. The molecule has 0 radical (unpaired) electrons. The van der Waals surface area contributed by atoms with E-state index < -0.39 is 5.97 Å². The molecule has 0 fully saturated rings. The molecule has 0 aromatic heterocycles. The molecule has 0 spiro atoms. The predicted molar refractivity (Wildman–Crippen MR) is 84.0 cm³/mol. The Labute approximate surface area is 129 Å². The summed E-state index contributed by atoms with van der Waals surface area (Å²) in [6, 6.07) is 17.2. The lowest BCUT2D eigenvalue weighted by molar-refractivity contribution is -0.137. The molecule has 0 saturated heterocycles. The number of hydrogen-bond donors (Lipinski definition) is 1. The number of rotatable bonds is 4. The maximum Gasteiger partial charge on any atom is 0.303 e. The van der Waals surface area contributed by atoms with E-state index in [9.17, 15) is 14.7 Å². The highest BCUT2D eigenvalue weighted by atomic mass is 16.4. The van der Waals surface area contributed by atoms with Crippen molar-refractivity contribution in [2.45, 2.75) is 25.2 Å². The van der Waals surface area contributed by atoms with Crippen molar-refractivity contribution in [1.29, 1.82) is 0 Å². The molecule has 3 heteroatoms. The van der Waals surface area contributed by atoms with Crippen molar-refractivity contribution < 1.29 is 14.7 Å². The smallest absolute Gasteiger partial charge is 0.303 e. The lowest BCUT2D eigenvalue weighted by atomic mass is 9.72. The fourth-order valence-electron chi connectivity index (χ4n) is 3.39. The number of aryl methyl sites for hydroxylation is 1. The van der Waals surface area contributed by atoms with Crippen molar-refractivity contribution in [2.24, 2.45) is 5.92 Å². The van der Waals surface area contributed by atoms with E-state index in [0.717, 1.165) is 23.1 Å². The van der Waals surface area contributed by atoms with Gasteiger partial charge in [0.1, 0.15) is 0 Å². The van der Waals surface area contributed by atoms with E-state index in [1.807, 2.05) is 54.6 Å². The first-order valence-electron chi connectivity index (χ1n) is 7.55. The van der Waals surface area contributed by atoms with E-state index in [4.69, 9.17) is 0 Å². The van der Waals surface area contributed by atoms with Gasteiger partial charge in [0.15, 0.2) is 5.78 Å². The van der Waals surface area contributed by atoms with Gasteiger partial charge in [-0.25, -0.2) is 0 Å². The molecule has 0 amide bonds. The van der Waals surface area contributed by atoms with Crippen LogP contribution in [0.25, 0.3) is 0 Å². The maximum atomic E-state index is 12.8. The van der Waals surface area contributed by atoms with Crippen molar-refractivity contribution in [1.82, 2.24) is 0 Å². The lowest BCUT2D eigenvalue weighted by Crippen LogP contribution is -2.29. The summed E-state index contributed by atoms with van der Waals surface area (Å²) >= 11 is 0. The number of carboxylic acids is 1. The minimum absolute atomic E-state index is 0.0113. The van der Waals surface area contributed by atoms with Gasteiger partial charge in [0.2, 0.25) is 0 Å². The Morgan fingerprint density at radius 2 is 1.77 bits per heavy atom. The van der Waals surface area contributed by atoms with Crippen LogP contribution in [0.1, 0.15) is 40.2 Å². The Morgan fingerprint density at radius 3 is 2.50 bits per heavy atom. The third-order valence-electron chi connectivity index (χ3n) is 4.45. The zero-order valence-electron chi connectivity index (χ0n) is 12.2. The summed E-state index contributed by atoms with van der Waals surface area (Å²) < 4.78 is 0. The molecule has 2 unspecified atom stereocenters. The number of carbonyl (C=O) groups is 2. The zero-order valence-corrected chi connectivity index (χ0v) is 12.2. The number of benzene rings is 2. The summed E-state index contributed by atoms with van der Waals surface area (Å²) in [4.78, 5) is 24.1. The number of fused-ring (bicyclic) bond motifs is 1. The second kappa shape index (κ2) is 6.14. The fraction of sp³-hybridized carbons (Fsp3) is 0.263. The van der Waals surface area contributed by atoms with Crippen molar-refractivity contribution in [2.75, 3.05) is 0 Å². The number of aliphatic carboxylic acids is 1. The minimum Gasteiger partial charge on any atom is -0.481 e. The highest BCUT2D eigenvalue weighted by Gasteiger charge is 2.35. The monoisotopic (exact) mass is 294 g/mol. The molecule has 2 atom stereocenters. The van der Waals surface area contributed by atoms with E-state index in [1.54, 1.807) is 0 Å². The molecule has 3 rings (SSSR count). The average Bonchev–Trinajstić information content (AvgIpc) is 2.54. The van der Waals surface area contributed by atoms with Gasteiger partial charge in [-0.2, -0.15) is 0 Å². The van der Waals surface area contributed by atoms with Gasteiger partial charge in [-0.15, -0.1) is 0 Å². The molecule has 1 aliphatic carbocycles. The van der Waals surface area contributed by atoms with Crippen LogP contribution in [0.3, 0.4) is 0 Å². The predicted octanol–water partition coefficient (Wildman–Crippen LogP) is 3.69. The quantitative estimate of drug-likeness (QED) is 0.935. The van der Waals surface area contributed by atoms with Crippen LogP contribution in [0.2, 0.25) is 0 Å². The zero-order chi connectivity index (χ0) is 15.5. The highest BCUT2D eigenvalue weighted by Crippen LogP contribution is 2.37. The molecule has 0 saturated carbocycles. The van der Waals surface area contributed by atoms with Gasteiger partial charge in [-0.05, 0) is 24.0 Å². The fourth-order valence-corrected chi connectivity index (χ4v) is 3.39. The van der Waals surface area contributed by atoms with E-state index in [-0.39, 0.29) is 24.0 Å². The summed E-state index contributed by atoms with van der Waals surface area (Å²) in [5, 5.41) is 9.25. The Hall–Kier alpha value is -2.42. The Morgan fingerprint density at radius 1 is 1.09 bits per heavy atom. The maximum absolute atomic E-state index is 12.8. The van der Waals surface area contributed by atoms with E-state index in [2.05, 4.69) is 0 Å². The third-order valence-corrected chi connectivity index (χ3v) is 4.45. The molecule has 2 aromatic rings. The summed E-state index contributed by atoms with van der Waals surface area (Å²) in [6.45, 7) is 0. The first kappa shape index (κ1) is 14.5. The molecule has 0 bridgehead atoms. The highest BCUT2D eigenvalue weighted by molar-refractivity contribution is 6.01. The lowest BCUT2D eigenvalue weighted by Gasteiger charge is -2.30. The minimum atomic E-state index is -0.861. The van der Waals surface area contributed by atoms with Gasteiger partial charge in [-0.1, -0.05) is 54.6 Å². The molecular weight excluding hydrogens is 276 g/mol. The molecule has 22 heavy (non-hydrogen) atoms. The van der Waals surface area contributed by atoms with Crippen molar-refractivity contribution in [3.8, 4) is 0 Å². The Balaban J connectivity index is 1.96. The normalized spacial score (nSPS) is 18.5. The van der Waals surface area contributed by atoms with Crippen LogP contribution >= 0.6 is 0 Å². The number of hydrogen-bond acceptors (Lipinski definition) is 2. The molecule has 112 valence electrons. The second-order valence-electron chi connectivity index (χ2n) is 5.78. The van der Waals surface area contributed by atoms with Crippen LogP contribution < -0.4 is 0 Å². The topological polar surface area (TPSA) is 54.4 Å². The van der Waals surface area contributed by atoms with Gasteiger partial charge >= 0.3 is 5.97 Å². The molecule has 3 nitrogen and oxygen atoms in total. The standard InChI is InChI=1S/C19H18O3/c20-18(21)12-17(13-6-2-1-3-7-13)16-11-10-14-8-4-5-9-15(14)19(16)22/h1-9,16-17H,10-12H2,(H,20,21). The van der Waals surface area contributed by atoms with Crippen LogP contribution in [-0.4, -0.2) is 16.9 Å². The van der Waals surface area contributed by atoms with E-state index in [1.165, 1.54) is 0 Å². The summed E-state index contributed by atoms with van der Waals surface area (Å²) in [6.07, 6.45) is 1.53. The van der Waals surface area contributed by atoms with E-state index >= 15 is 0 Å². The molecule has 0 heterocycles. The molecule has 1 N–H and O–H groups in total.